The van der Waals surface area contributed by atoms with Crippen LogP contribution in [0.2, 0.25) is 0 Å². The molecule has 3 heterocycles. The van der Waals surface area contributed by atoms with E-state index < -0.39 is 9.84 Å². The van der Waals surface area contributed by atoms with E-state index in [0.717, 1.165) is 61.3 Å². The predicted molar refractivity (Wildman–Crippen MR) is 227 cm³/mol. The number of hydrogen-bond acceptors (Lipinski definition) is 6. The summed E-state index contributed by atoms with van der Waals surface area (Å²) < 4.78 is 29.9. The van der Waals surface area contributed by atoms with Crippen molar-refractivity contribution in [2.75, 3.05) is 0 Å². The van der Waals surface area contributed by atoms with Crippen LogP contribution in [0.4, 0.5) is 0 Å². The lowest BCUT2D eigenvalue weighted by Gasteiger charge is -2.18. The van der Waals surface area contributed by atoms with E-state index in [1.807, 2.05) is 133 Å². The zero-order valence-corrected chi connectivity index (χ0v) is 31.3. The van der Waals surface area contributed by atoms with Crippen molar-refractivity contribution >= 4 is 9.84 Å². The fourth-order valence-electron chi connectivity index (χ4n) is 7.69. The number of nitrogens with zero attached hydrogens (tertiary/aromatic N) is 4. The molecule has 2 aromatic heterocycles. The van der Waals surface area contributed by atoms with Crippen molar-refractivity contribution in [3.63, 3.8) is 0 Å². The number of rotatable bonds is 4. The molecule has 0 amide bonds. The Bertz CT molecular complexity index is 3080. The SMILES string of the molecule is O=S1(=O)c2ccccc2-c2ccccc2-c2ccccc2-c2ccc(-c3nc(-c4ccccc4)cc(-c4cnc(-c5ccccc5)nc4)n3)cc2-c2ccccc21. The summed E-state index contributed by atoms with van der Waals surface area (Å²) in [6.45, 7) is 0. The lowest BCUT2D eigenvalue weighted by atomic mass is 9.86. The molecule has 0 aliphatic carbocycles. The van der Waals surface area contributed by atoms with Crippen molar-refractivity contribution in [1.29, 1.82) is 0 Å². The van der Waals surface area contributed by atoms with Gasteiger partial charge in [0.2, 0.25) is 9.84 Å². The second-order valence-electron chi connectivity index (χ2n) is 13.8. The molecular formula is C50H32N4O2S. The van der Waals surface area contributed by atoms with E-state index in [-0.39, 0.29) is 9.79 Å². The van der Waals surface area contributed by atoms with E-state index in [4.69, 9.17) is 19.9 Å². The van der Waals surface area contributed by atoms with Gasteiger partial charge in [-0.3, -0.25) is 0 Å². The number of fused-ring (bicyclic) bond motifs is 9. The molecule has 0 N–H and O–H groups in total. The molecule has 0 radical (unpaired) electrons. The van der Waals surface area contributed by atoms with Crippen LogP contribution in [0.25, 0.3) is 89.8 Å². The van der Waals surface area contributed by atoms with Gasteiger partial charge in [-0.25, -0.2) is 28.4 Å². The smallest absolute Gasteiger partial charge is 0.207 e. The highest BCUT2D eigenvalue weighted by molar-refractivity contribution is 7.91. The second-order valence-corrected chi connectivity index (χ2v) is 15.7. The molecule has 7 heteroatoms. The molecule has 57 heavy (non-hydrogen) atoms. The van der Waals surface area contributed by atoms with Crippen LogP contribution in [0.15, 0.2) is 204 Å². The molecule has 0 fully saturated rings. The molecule has 0 saturated heterocycles. The maximum Gasteiger partial charge on any atom is 0.207 e. The zero-order chi connectivity index (χ0) is 38.3. The monoisotopic (exact) mass is 752 g/mol. The molecule has 6 nitrogen and oxygen atoms in total. The van der Waals surface area contributed by atoms with Crippen LogP contribution in [0.5, 0.6) is 0 Å². The Kier molecular flexibility index (Phi) is 8.42. The summed E-state index contributed by atoms with van der Waals surface area (Å²) in [5, 5.41) is 0. The summed E-state index contributed by atoms with van der Waals surface area (Å²) in [6.07, 6.45) is 3.58. The van der Waals surface area contributed by atoms with Gasteiger partial charge in [0.05, 0.1) is 21.2 Å². The van der Waals surface area contributed by atoms with Gasteiger partial charge < -0.3 is 0 Å². The first-order valence-electron chi connectivity index (χ1n) is 18.6. The summed E-state index contributed by atoms with van der Waals surface area (Å²) in [5.74, 6) is 1.11. The van der Waals surface area contributed by atoms with Gasteiger partial charge in [0.15, 0.2) is 11.6 Å². The van der Waals surface area contributed by atoms with Crippen molar-refractivity contribution in [1.82, 2.24) is 19.9 Å². The molecule has 0 atom stereocenters. The normalized spacial score (nSPS) is 12.5. The first kappa shape index (κ1) is 34.2. The maximum atomic E-state index is 15.0. The molecule has 10 rings (SSSR count). The summed E-state index contributed by atoms with van der Waals surface area (Å²) in [7, 11) is -4.02. The maximum absolute atomic E-state index is 15.0. The largest absolute Gasteiger partial charge is 0.236 e. The van der Waals surface area contributed by atoms with Crippen LogP contribution in [0.3, 0.4) is 0 Å². The molecule has 0 saturated carbocycles. The van der Waals surface area contributed by atoms with Gasteiger partial charge in [0.25, 0.3) is 0 Å². The van der Waals surface area contributed by atoms with Crippen LogP contribution in [0, 0.1) is 0 Å². The molecule has 0 spiro atoms. The van der Waals surface area contributed by atoms with Crippen LogP contribution >= 0.6 is 0 Å². The van der Waals surface area contributed by atoms with Gasteiger partial charge in [0, 0.05) is 45.8 Å². The summed E-state index contributed by atoms with van der Waals surface area (Å²) in [5.41, 5.74) is 11.4. The average Bonchev–Trinajstić information content (AvgIpc) is 3.30. The number of sulfone groups is 1. The van der Waals surface area contributed by atoms with Crippen LogP contribution < -0.4 is 0 Å². The van der Waals surface area contributed by atoms with Crippen LogP contribution in [-0.2, 0) is 9.84 Å². The molecule has 9 aromatic rings. The molecular weight excluding hydrogens is 721 g/mol. The van der Waals surface area contributed by atoms with E-state index in [1.54, 1.807) is 36.7 Å². The van der Waals surface area contributed by atoms with Gasteiger partial charge >= 0.3 is 0 Å². The van der Waals surface area contributed by atoms with E-state index in [2.05, 4.69) is 24.3 Å². The zero-order valence-electron chi connectivity index (χ0n) is 30.5. The van der Waals surface area contributed by atoms with Crippen molar-refractivity contribution in [2.45, 2.75) is 9.79 Å². The van der Waals surface area contributed by atoms with E-state index in [0.29, 0.717) is 28.5 Å². The van der Waals surface area contributed by atoms with E-state index in [9.17, 15) is 8.42 Å². The molecule has 7 aromatic carbocycles. The van der Waals surface area contributed by atoms with Crippen molar-refractivity contribution < 1.29 is 8.42 Å². The number of aromatic nitrogens is 4. The fraction of sp³-hybridized carbons (Fsp3) is 0. The number of benzene rings is 7. The third-order valence-corrected chi connectivity index (χ3v) is 12.3. The van der Waals surface area contributed by atoms with Gasteiger partial charge in [0.1, 0.15) is 0 Å². The topological polar surface area (TPSA) is 85.7 Å². The Balaban J connectivity index is 1.22. The highest BCUT2D eigenvalue weighted by Crippen LogP contribution is 2.47. The van der Waals surface area contributed by atoms with Gasteiger partial charge in [-0.2, -0.15) is 0 Å². The Hall–Kier alpha value is -7.35. The Morgan fingerprint density at radius 2 is 0.737 bits per heavy atom. The number of hydrogen-bond donors (Lipinski definition) is 0. The Morgan fingerprint density at radius 3 is 1.30 bits per heavy atom. The minimum Gasteiger partial charge on any atom is -0.236 e. The molecule has 1 aliphatic heterocycles. The van der Waals surface area contributed by atoms with E-state index in [1.165, 1.54) is 0 Å². The fourth-order valence-corrected chi connectivity index (χ4v) is 9.38. The van der Waals surface area contributed by atoms with Crippen LogP contribution in [0.1, 0.15) is 0 Å². The molecule has 0 bridgehead atoms. The standard InChI is InChI=1S/C50H32N4O2S/c55-57(56)47-25-13-11-23-42(47)40-22-10-9-20-38(40)37-19-7-8-21-39(37)41-28-27-35(29-44(41)43-24-12-14-26-48(43)57)50-53-45(33-15-3-1-4-16-33)30-46(54-50)36-31-51-49(52-32-36)34-17-5-2-6-18-34/h1-32H. The minimum absolute atomic E-state index is 0.225. The summed E-state index contributed by atoms with van der Waals surface area (Å²) in [6, 6.07) is 58.8. The van der Waals surface area contributed by atoms with Gasteiger partial charge in [-0.1, -0.05) is 158 Å². The Morgan fingerprint density at radius 1 is 0.316 bits per heavy atom. The first-order valence-corrected chi connectivity index (χ1v) is 20.1. The highest BCUT2D eigenvalue weighted by Gasteiger charge is 2.29. The highest BCUT2D eigenvalue weighted by atomic mass is 32.2. The Labute approximate surface area is 330 Å². The van der Waals surface area contributed by atoms with Crippen molar-refractivity contribution in [2.24, 2.45) is 0 Å². The van der Waals surface area contributed by atoms with Crippen LogP contribution in [-0.4, -0.2) is 28.4 Å². The average molecular weight is 753 g/mol. The third-order valence-electron chi connectivity index (χ3n) is 10.4. The molecule has 270 valence electrons. The third kappa shape index (κ3) is 6.11. The van der Waals surface area contributed by atoms with Gasteiger partial charge in [-0.15, -0.1) is 0 Å². The lowest BCUT2D eigenvalue weighted by Crippen LogP contribution is -2.06. The second kappa shape index (κ2) is 14.1. The van der Waals surface area contributed by atoms with Crippen molar-refractivity contribution in [3.8, 4) is 89.8 Å². The summed E-state index contributed by atoms with van der Waals surface area (Å²) in [4.78, 5) is 20.1. The van der Waals surface area contributed by atoms with E-state index >= 15 is 0 Å². The summed E-state index contributed by atoms with van der Waals surface area (Å²) >= 11 is 0. The quantitative estimate of drug-likeness (QED) is 0.178. The molecule has 1 aliphatic rings. The first-order chi connectivity index (χ1) is 28.0. The van der Waals surface area contributed by atoms with Crippen molar-refractivity contribution in [3.05, 3.63) is 194 Å². The minimum atomic E-state index is -4.02. The predicted octanol–water partition coefficient (Wildman–Crippen LogP) is 11.7. The van der Waals surface area contributed by atoms with Gasteiger partial charge in [-0.05, 0) is 57.6 Å². The molecule has 0 unspecified atom stereocenters. The lowest BCUT2D eigenvalue weighted by molar-refractivity contribution is 0.596.